The lowest BCUT2D eigenvalue weighted by atomic mass is 10.2. The number of nitrogens with zero attached hydrogens (tertiary/aromatic N) is 3. The first kappa shape index (κ1) is 14.8. The molecule has 1 aromatic heterocycles. The van der Waals surface area contributed by atoms with Crippen LogP contribution in [0.25, 0.3) is 22.9 Å². The molecule has 1 saturated heterocycles. The molecule has 3 aromatic rings. The summed E-state index contributed by atoms with van der Waals surface area (Å²) in [5.41, 5.74) is 2.70. The fourth-order valence-corrected chi connectivity index (χ4v) is 2.69. The molecule has 0 aliphatic carbocycles. The van der Waals surface area contributed by atoms with Crippen molar-refractivity contribution >= 4 is 5.69 Å². The van der Waals surface area contributed by atoms with Crippen LogP contribution in [0.4, 0.5) is 10.1 Å². The van der Waals surface area contributed by atoms with Crippen molar-refractivity contribution < 1.29 is 13.5 Å². The number of hydrogen-bond donors (Lipinski definition) is 0. The van der Waals surface area contributed by atoms with E-state index in [1.54, 1.807) is 12.1 Å². The number of benzene rings is 2. The quantitative estimate of drug-likeness (QED) is 0.739. The van der Waals surface area contributed by atoms with Crippen molar-refractivity contribution in [3.05, 3.63) is 54.3 Å². The fourth-order valence-electron chi connectivity index (χ4n) is 2.69. The first-order chi connectivity index (χ1) is 11.8. The Morgan fingerprint density at radius 3 is 1.92 bits per heavy atom. The molecule has 1 aliphatic rings. The fraction of sp³-hybridized carbons (Fsp3) is 0.222. The molecular formula is C18H16FN3O2. The lowest BCUT2D eigenvalue weighted by Gasteiger charge is -2.28. The summed E-state index contributed by atoms with van der Waals surface area (Å²) in [5.74, 6) is 0.530. The highest BCUT2D eigenvalue weighted by Crippen LogP contribution is 2.26. The van der Waals surface area contributed by atoms with Crippen LogP contribution < -0.4 is 4.90 Å². The van der Waals surface area contributed by atoms with Crippen molar-refractivity contribution in [2.24, 2.45) is 0 Å². The Bertz CT molecular complexity index is 809. The Hall–Kier alpha value is -2.73. The summed E-state index contributed by atoms with van der Waals surface area (Å²) in [6, 6.07) is 14.0. The van der Waals surface area contributed by atoms with Crippen molar-refractivity contribution in [3.8, 4) is 22.9 Å². The zero-order valence-electron chi connectivity index (χ0n) is 13.0. The molecule has 0 bridgehead atoms. The standard InChI is InChI=1S/C18H16FN3O2/c19-15-5-1-13(2-6-15)17-20-21-18(24-17)14-3-7-16(8-4-14)22-9-11-23-12-10-22/h1-8H,9-12H2. The van der Waals surface area contributed by atoms with Gasteiger partial charge in [-0.1, -0.05) is 0 Å². The van der Waals surface area contributed by atoms with E-state index in [1.807, 2.05) is 24.3 Å². The highest BCUT2D eigenvalue weighted by molar-refractivity contribution is 5.61. The van der Waals surface area contributed by atoms with E-state index in [1.165, 1.54) is 12.1 Å². The van der Waals surface area contributed by atoms with Gasteiger partial charge in [-0.05, 0) is 48.5 Å². The predicted molar refractivity (Wildman–Crippen MR) is 88.2 cm³/mol. The Labute approximate surface area is 138 Å². The van der Waals surface area contributed by atoms with Gasteiger partial charge >= 0.3 is 0 Å². The average molecular weight is 325 g/mol. The first-order valence-electron chi connectivity index (χ1n) is 7.82. The van der Waals surface area contributed by atoms with Gasteiger partial charge in [0.1, 0.15) is 5.82 Å². The third kappa shape index (κ3) is 3.00. The van der Waals surface area contributed by atoms with Gasteiger partial charge < -0.3 is 14.1 Å². The Kier molecular flexibility index (Phi) is 3.96. The first-order valence-corrected chi connectivity index (χ1v) is 7.82. The molecule has 0 atom stereocenters. The molecule has 0 saturated carbocycles. The molecule has 0 N–H and O–H groups in total. The highest BCUT2D eigenvalue weighted by atomic mass is 19.1. The minimum atomic E-state index is -0.294. The van der Waals surface area contributed by atoms with Crippen LogP contribution in [0.3, 0.4) is 0 Å². The maximum absolute atomic E-state index is 13.0. The molecule has 122 valence electrons. The lowest BCUT2D eigenvalue weighted by Crippen LogP contribution is -2.36. The van der Waals surface area contributed by atoms with Crippen molar-refractivity contribution in [3.63, 3.8) is 0 Å². The average Bonchev–Trinajstić information content (AvgIpc) is 3.13. The van der Waals surface area contributed by atoms with Gasteiger partial charge in [-0.2, -0.15) is 0 Å². The molecular weight excluding hydrogens is 309 g/mol. The van der Waals surface area contributed by atoms with Gasteiger partial charge in [-0.25, -0.2) is 4.39 Å². The van der Waals surface area contributed by atoms with Gasteiger partial charge in [0, 0.05) is 29.9 Å². The SMILES string of the molecule is Fc1ccc(-c2nnc(-c3ccc(N4CCOCC4)cc3)o2)cc1. The zero-order chi connectivity index (χ0) is 16.4. The minimum absolute atomic E-state index is 0.294. The number of ether oxygens (including phenoxy) is 1. The van der Waals surface area contributed by atoms with Crippen molar-refractivity contribution in [2.45, 2.75) is 0 Å². The number of halogens is 1. The molecule has 0 amide bonds. The van der Waals surface area contributed by atoms with Crippen LogP contribution in [-0.4, -0.2) is 36.5 Å². The van der Waals surface area contributed by atoms with E-state index in [0.29, 0.717) is 17.3 Å². The normalized spacial score (nSPS) is 14.8. The van der Waals surface area contributed by atoms with Gasteiger partial charge in [0.2, 0.25) is 11.8 Å². The van der Waals surface area contributed by atoms with Crippen LogP contribution in [-0.2, 0) is 4.74 Å². The van der Waals surface area contributed by atoms with Gasteiger partial charge in [0.05, 0.1) is 13.2 Å². The number of anilines is 1. The van der Waals surface area contributed by atoms with E-state index in [4.69, 9.17) is 9.15 Å². The third-order valence-electron chi connectivity index (χ3n) is 4.01. The molecule has 1 fully saturated rings. The van der Waals surface area contributed by atoms with Gasteiger partial charge in [0.15, 0.2) is 0 Å². The summed E-state index contributed by atoms with van der Waals surface area (Å²) in [4.78, 5) is 2.28. The summed E-state index contributed by atoms with van der Waals surface area (Å²) >= 11 is 0. The molecule has 5 nitrogen and oxygen atoms in total. The summed E-state index contributed by atoms with van der Waals surface area (Å²) < 4.78 is 24.1. The van der Waals surface area contributed by atoms with E-state index in [-0.39, 0.29) is 5.82 Å². The molecule has 0 radical (unpaired) electrons. The van der Waals surface area contributed by atoms with Gasteiger partial charge in [-0.15, -0.1) is 10.2 Å². The van der Waals surface area contributed by atoms with Gasteiger partial charge in [-0.3, -0.25) is 0 Å². The van der Waals surface area contributed by atoms with Crippen LogP contribution in [0.5, 0.6) is 0 Å². The third-order valence-corrected chi connectivity index (χ3v) is 4.01. The van der Waals surface area contributed by atoms with Crippen molar-refractivity contribution in [1.82, 2.24) is 10.2 Å². The number of morpholine rings is 1. The lowest BCUT2D eigenvalue weighted by molar-refractivity contribution is 0.122. The van der Waals surface area contributed by atoms with Crippen LogP contribution in [0, 0.1) is 5.82 Å². The topological polar surface area (TPSA) is 51.4 Å². The monoisotopic (exact) mass is 325 g/mol. The van der Waals surface area contributed by atoms with Crippen molar-refractivity contribution in [1.29, 1.82) is 0 Å². The van der Waals surface area contributed by atoms with Gasteiger partial charge in [0.25, 0.3) is 0 Å². The van der Waals surface area contributed by atoms with E-state index in [0.717, 1.165) is 37.6 Å². The molecule has 1 aliphatic heterocycles. The highest BCUT2D eigenvalue weighted by Gasteiger charge is 2.13. The van der Waals surface area contributed by atoms with Crippen LogP contribution in [0.2, 0.25) is 0 Å². The Morgan fingerprint density at radius 1 is 0.792 bits per heavy atom. The molecule has 6 heteroatoms. The number of hydrogen-bond acceptors (Lipinski definition) is 5. The molecule has 0 unspecified atom stereocenters. The smallest absolute Gasteiger partial charge is 0.248 e. The second-order valence-corrected chi connectivity index (χ2v) is 5.57. The minimum Gasteiger partial charge on any atom is -0.416 e. The molecule has 2 aromatic carbocycles. The Morgan fingerprint density at radius 2 is 1.33 bits per heavy atom. The Balaban J connectivity index is 1.54. The summed E-state index contributed by atoms with van der Waals surface area (Å²) in [6.07, 6.45) is 0. The summed E-state index contributed by atoms with van der Waals surface area (Å²) in [7, 11) is 0. The van der Waals surface area contributed by atoms with E-state index >= 15 is 0 Å². The number of aromatic nitrogens is 2. The second kappa shape index (κ2) is 6.41. The number of rotatable bonds is 3. The maximum atomic E-state index is 13.0. The van der Waals surface area contributed by atoms with Crippen LogP contribution >= 0.6 is 0 Å². The van der Waals surface area contributed by atoms with Crippen LogP contribution in [0.15, 0.2) is 52.9 Å². The van der Waals surface area contributed by atoms with E-state index in [2.05, 4.69) is 15.1 Å². The maximum Gasteiger partial charge on any atom is 0.248 e. The van der Waals surface area contributed by atoms with E-state index in [9.17, 15) is 4.39 Å². The molecule has 4 rings (SSSR count). The summed E-state index contributed by atoms with van der Waals surface area (Å²) in [5, 5.41) is 8.12. The van der Waals surface area contributed by atoms with Crippen LogP contribution in [0.1, 0.15) is 0 Å². The molecule has 24 heavy (non-hydrogen) atoms. The summed E-state index contributed by atoms with van der Waals surface area (Å²) in [6.45, 7) is 3.31. The predicted octanol–water partition coefficient (Wildman–Crippen LogP) is 3.38. The second-order valence-electron chi connectivity index (χ2n) is 5.57. The van der Waals surface area contributed by atoms with E-state index < -0.39 is 0 Å². The van der Waals surface area contributed by atoms with Crippen molar-refractivity contribution in [2.75, 3.05) is 31.2 Å². The molecule has 0 spiro atoms. The largest absolute Gasteiger partial charge is 0.416 e. The molecule has 2 heterocycles. The zero-order valence-corrected chi connectivity index (χ0v) is 13.0.